The number of hydrogen-bond donors (Lipinski definition) is 2. The number of anilines is 2. The number of pyridine rings is 1. The van der Waals surface area contributed by atoms with E-state index in [1.807, 2.05) is 18.2 Å². The number of hydrogen-bond acceptors (Lipinski definition) is 3. The van der Waals surface area contributed by atoms with E-state index in [-0.39, 0.29) is 5.56 Å². The van der Waals surface area contributed by atoms with E-state index in [1.165, 1.54) is 18.3 Å². The fourth-order valence-electron chi connectivity index (χ4n) is 2.31. The number of rotatable bonds is 5. The van der Waals surface area contributed by atoms with Gasteiger partial charge in [0.25, 0.3) is 5.91 Å². The van der Waals surface area contributed by atoms with Crippen molar-refractivity contribution in [3.63, 3.8) is 0 Å². The van der Waals surface area contributed by atoms with Gasteiger partial charge in [-0.05, 0) is 35.9 Å². The standard InChI is InChI=1S/C19H13ClF3N3O/c20-13-4-2-1-3-12(13)10-25-16-9-11(7-8-24-16)19(27)26-15-6-5-14(21)17(22)18(15)23/h1-9H,10H2,(H,24,25)(H,26,27). The molecule has 27 heavy (non-hydrogen) atoms. The number of aromatic nitrogens is 1. The average Bonchev–Trinajstić information content (AvgIpc) is 2.68. The predicted octanol–water partition coefficient (Wildman–Crippen LogP) is 5.02. The van der Waals surface area contributed by atoms with Crippen molar-refractivity contribution in [1.82, 2.24) is 4.98 Å². The van der Waals surface area contributed by atoms with Gasteiger partial charge in [-0.3, -0.25) is 4.79 Å². The molecule has 0 bridgehead atoms. The molecule has 4 nitrogen and oxygen atoms in total. The Morgan fingerprint density at radius 3 is 2.59 bits per heavy atom. The monoisotopic (exact) mass is 391 g/mol. The molecule has 2 aromatic carbocycles. The maximum absolute atomic E-state index is 13.7. The Morgan fingerprint density at radius 1 is 1.04 bits per heavy atom. The molecule has 0 radical (unpaired) electrons. The lowest BCUT2D eigenvalue weighted by Crippen LogP contribution is -2.14. The van der Waals surface area contributed by atoms with Crippen molar-refractivity contribution in [3.05, 3.63) is 88.3 Å². The first-order chi connectivity index (χ1) is 13.0. The Labute approximate surface area is 158 Å². The molecule has 0 spiro atoms. The largest absolute Gasteiger partial charge is 0.366 e. The van der Waals surface area contributed by atoms with E-state index in [2.05, 4.69) is 15.6 Å². The highest BCUT2D eigenvalue weighted by atomic mass is 35.5. The van der Waals surface area contributed by atoms with E-state index in [4.69, 9.17) is 11.6 Å². The number of amides is 1. The smallest absolute Gasteiger partial charge is 0.255 e. The molecule has 0 aliphatic heterocycles. The molecule has 3 aromatic rings. The van der Waals surface area contributed by atoms with Crippen molar-refractivity contribution in [3.8, 4) is 0 Å². The first-order valence-electron chi connectivity index (χ1n) is 7.84. The zero-order chi connectivity index (χ0) is 19.4. The molecule has 2 N–H and O–H groups in total. The molecule has 0 atom stereocenters. The van der Waals surface area contributed by atoms with Crippen LogP contribution in [0.25, 0.3) is 0 Å². The Bertz CT molecular complexity index is 998. The van der Waals surface area contributed by atoms with Gasteiger partial charge in [-0.25, -0.2) is 18.2 Å². The number of nitrogens with zero attached hydrogens (tertiary/aromatic N) is 1. The topological polar surface area (TPSA) is 54.0 Å². The summed E-state index contributed by atoms with van der Waals surface area (Å²) >= 11 is 6.08. The van der Waals surface area contributed by atoms with Gasteiger partial charge in [0, 0.05) is 23.3 Å². The van der Waals surface area contributed by atoms with Crippen LogP contribution < -0.4 is 10.6 Å². The van der Waals surface area contributed by atoms with E-state index < -0.39 is 29.0 Å². The van der Waals surface area contributed by atoms with Crippen molar-refractivity contribution in [1.29, 1.82) is 0 Å². The number of halogens is 4. The van der Waals surface area contributed by atoms with Crippen molar-refractivity contribution >= 4 is 29.0 Å². The fourth-order valence-corrected chi connectivity index (χ4v) is 2.52. The first-order valence-corrected chi connectivity index (χ1v) is 8.21. The highest BCUT2D eigenvalue weighted by molar-refractivity contribution is 6.31. The molecule has 0 saturated carbocycles. The van der Waals surface area contributed by atoms with Gasteiger partial charge in [-0.2, -0.15) is 0 Å². The summed E-state index contributed by atoms with van der Waals surface area (Å²) in [5.41, 5.74) is 0.553. The molecular formula is C19H13ClF3N3O. The molecular weight excluding hydrogens is 379 g/mol. The molecule has 8 heteroatoms. The van der Waals surface area contributed by atoms with Crippen molar-refractivity contribution in [2.45, 2.75) is 6.54 Å². The lowest BCUT2D eigenvalue weighted by molar-refractivity contribution is 0.102. The third kappa shape index (κ3) is 4.38. The van der Waals surface area contributed by atoms with Gasteiger partial charge >= 0.3 is 0 Å². The van der Waals surface area contributed by atoms with Crippen LogP contribution in [0.2, 0.25) is 5.02 Å². The molecule has 0 fully saturated rings. The summed E-state index contributed by atoms with van der Waals surface area (Å²) in [6.45, 7) is 0.384. The Hall–Kier alpha value is -3.06. The number of nitrogens with one attached hydrogen (secondary N) is 2. The summed E-state index contributed by atoms with van der Waals surface area (Å²) in [7, 11) is 0. The van der Waals surface area contributed by atoms with E-state index >= 15 is 0 Å². The Morgan fingerprint density at radius 2 is 1.81 bits per heavy atom. The van der Waals surface area contributed by atoms with Crippen LogP contribution in [-0.4, -0.2) is 10.9 Å². The fraction of sp³-hybridized carbons (Fsp3) is 0.0526. The second-order valence-corrected chi connectivity index (χ2v) is 5.96. The molecule has 138 valence electrons. The van der Waals surface area contributed by atoms with Crippen LogP contribution >= 0.6 is 11.6 Å². The predicted molar refractivity (Wildman–Crippen MR) is 97.3 cm³/mol. The minimum Gasteiger partial charge on any atom is -0.366 e. The molecule has 0 saturated heterocycles. The van der Waals surface area contributed by atoms with Crippen LogP contribution in [0.3, 0.4) is 0 Å². The van der Waals surface area contributed by atoms with Gasteiger partial charge in [0.1, 0.15) is 5.82 Å². The van der Waals surface area contributed by atoms with Gasteiger partial charge in [-0.15, -0.1) is 0 Å². The van der Waals surface area contributed by atoms with Gasteiger partial charge in [0.2, 0.25) is 0 Å². The molecule has 1 aromatic heterocycles. The first kappa shape index (κ1) is 18.7. The highest BCUT2D eigenvalue weighted by Gasteiger charge is 2.16. The van der Waals surface area contributed by atoms with Crippen LogP contribution in [0.4, 0.5) is 24.7 Å². The summed E-state index contributed by atoms with van der Waals surface area (Å²) in [4.78, 5) is 16.4. The lowest BCUT2D eigenvalue weighted by atomic mass is 10.2. The van der Waals surface area contributed by atoms with Crippen LogP contribution in [0, 0.1) is 17.5 Å². The van der Waals surface area contributed by atoms with Crippen molar-refractivity contribution in [2.75, 3.05) is 10.6 Å². The minimum absolute atomic E-state index is 0.163. The third-order valence-electron chi connectivity index (χ3n) is 3.72. The van der Waals surface area contributed by atoms with Crippen LogP contribution in [0.15, 0.2) is 54.7 Å². The number of carbonyl (C=O) groups is 1. The number of benzene rings is 2. The van der Waals surface area contributed by atoms with E-state index in [0.29, 0.717) is 17.4 Å². The summed E-state index contributed by atoms with van der Waals surface area (Å²) in [5, 5.41) is 5.83. The summed E-state index contributed by atoms with van der Waals surface area (Å²) in [6.07, 6.45) is 1.39. The van der Waals surface area contributed by atoms with E-state index in [9.17, 15) is 18.0 Å². The van der Waals surface area contributed by atoms with Crippen LogP contribution in [0.1, 0.15) is 15.9 Å². The van der Waals surface area contributed by atoms with Crippen molar-refractivity contribution in [2.24, 2.45) is 0 Å². The van der Waals surface area contributed by atoms with Gasteiger partial charge in [0.15, 0.2) is 17.5 Å². The zero-order valence-electron chi connectivity index (χ0n) is 13.8. The normalized spacial score (nSPS) is 10.5. The van der Waals surface area contributed by atoms with Gasteiger partial charge < -0.3 is 10.6 Å². The second-order valence-electron chi connectivity index (χ2n) is 5.55. The van der Waals surface area contributed by atoms with Gasteiger partial charge in [-0.1, -0.05) is 29.8 Å². The SMILES string of the molecule is O=C(Nc1ccc(F)c(F)c1F)c1ccnc(NCc2ccccc2Cl)c1. The highest BCUT2D eigenvalue weighted by Crippen LogP contribution is 2.21. The van der Waals surface area contributed by atoms with E-state index in [0.717, 1.165) is 17.7 Å². The second kappa shape index (κ2) is 8.09. The molecule has 0 unspecified atom stereocenters. The molecule has 1 heterocycles. The van der Waals surface area contributed by atoms with E-state index in [1.54, 1.807) is 6.07 Å². The summed E-state index contributed by atoms with van der Waals surface area (Å²) < 4.78 is 39.9. The van der Waals surface area contributed by atoms with Crippen LogP contribution in [0.5, 0.6) is 0 Å². The molecule has 1 amide bonds. The lowest BCUT2D eigenvalue weighted by Gasteiger charge is -2.10. The Balaban J connectivity index is 1.72. The summed E-state index contributed by atoms with van der Waals surface area (Å²) in [5.74, 6) is -4.74. The zero-order valence-corrected chi connectivity index (χ0v) is 14.5. The van der Waals surface area contributed by atoms with Crippen molar-refractivity contribution < 1.29 is 18.0 Å². The van der Waals surface area contributed by atoms with Gasteiger partial charge in [0.05, 0.1) is 5.69 Å². The Kier molecular flexibility index (Phi) is 5.61. The maximum atomic E-state index is 13.7. The van der Waals surface area contributed by atoms with Crippen LogP contribution in [-0.2, 0) is 6.54 Å². The molecule has 0 aliphatic carbocycles. The molecule has 3 rings (SSSR count). The quantitative estimate of drug-likeness (QED) is 0.601. The minimum atomic E-state index is -1.65. The maximum Gasteiger partial charge on any atom is 0.255 e. The average molecular weight is 392 g/mol. The summed E-state index contributed by atoms with van der Waals surface area (Å²) in [6, 6.07) is 11.8. The molecule has 0 aliphatic rings. The number of carbonyl (C=O) groups excluding carboxylic acids is 1. The third-order valence-corrected chi connectivity index (χ3v) is 4.09.